The van der Waals surface area contributed by atoms with Crippen LogP contribution in [0.15, 0.2) is 22.5 Å². The van der Waals surface area contributed by atoms with Crippen LogP contribution in [0.25, 0.3) is 0 Å². The second kappa shape index (κ2) is 5.39. The van der Waals surface area contributed by atoms with Crippen molar-refractivity contribution in [1.29, 1.82) is 5.26 Å². The van der Waals surface area contributed by atoms with Crippen LogP contribution in [0.5, 0.6) is 0 Å². The summed E-state index contributed by atoms with van der Waals surface area (Å²) in [6, 6.07) is 2.39. The highest BCUT2D eigenvalue weighted by molar-refractivity contribution is 9.92. The summed E-state index contributed by atoms with van der Waals surface area (Å²) in [4.78, 5) is 1.20. The molecule has 78 valence electrons. The van der Waals surface area contributed by atoms with Crippen molar-refractivity contribution in [3.8, 4) is 6.07 Å². The van der Waals surface area contributed by atoms with Crippen molar-refractivity contribution in [2.45, 2.75) is 26.2 Å². The lowest BCUT2D eigenvalue weighted by molar-refractivity contribution is 0.645. The first-order valence-corrected chi connectivity index (χ1v) is 10.0. The molecule has 1 rings (SSSR count). The molecule has 0 aromatic carbocycles. The molecule has 0 saturated heterocycles. The van der Waals surface area contributed by atoms with Crippen molar-refractivity contribution in [2.24, 2.45) is 5.92 Å². The summed E-state index contributed by atoms with van der Waals surface area (Å²) in [6.45, 7) is 1.01. The van der Waals surface area contributed by atoms with Gasteiger partial charge in [0.15, 0.2) is 0 Å². The van der Waals surface area contributed by atoms with Crippen LogP contribution in [0.2, 0.25) is 0 Å². The minimum absolute atomic E-state index is 0.0544. The highest BCUT2D eigenvalue weighted by atomic mass is 79.9. The van der Waals surface area contributed by atoms with Crippen LogP contribution >= 0.6 is 36.5 Å². The second-order valence-electron chi connectivity index (χ2n) is 3.23. The van der Waals surface area contributed by atoms with Crippen molar-refractivity contribution in [3.63, 3.8) is 0 Å². The van der Waals surface area contributed by atoms with E-state index in [4.69, 9.17) is 5.26 Å². The highest BCUT2D eigenvalue weighted by Gasteiger charge is 2.28. The number of nitriles is 1. The molecule has 0 saturated carbocycles. The lowest BCUT2D eigenvalue weighted by Gasteiger charge is -2.25. The molecule has 1 heterocycles. The molecule has 0 bridgehead atoms. The summed E-state index contributed by atoms with van der Waals surface area (Å²) in [5, 5.41) is 11.2. The van der Waals surface area contributed by atoms with E-state index >= 15 is 0 Å². The van der Waals surface area contributed by atoms with Gasteiger partial charge in [0.05, 0.1) is 12.0 Å². The Bertz CT molecular complexity index is 302. The molecule has 1 aliphatic rings. The molecule has 1 nitrogen and oxygen atoms in total. The molecule has 0 amide bonds. The predicted octanol–water partition coefficient (Wildman–Crippen LogP) is 5.15. The largest absolute Gasteiger partial charge is 0.198 e. The molecule has 0 aromatic heterocycles. The van der Waals surface area contributed by atoms with E-state index in [1.807, 2.05) is 6.08 Å². The van der Waals surface area contributed by atoms with E-state index in [1.54, 1.807) is 0 Å². The molecule has 1 aliphatic heterocycles. The third kappa shape index (κ3) is 2.88. The maximum Gasteiger partial charge on any atom is 0.0775 e. The zero-order chi connectivity index (χ0) is 10.6. The second-order valence-corrected chi connectivity index (χ2v) is 13.7. The molecule has 1 atom stereocenters. The number of rotatable bonds is 4. The molecule has 0 radical (unpaired) electrons. The van der Waals surface area contributed by atoms with Crippen molar-refractivity contribution < 1.29 is 0 Å². The van der Waals surface area contributed by atoms with Crippen LogP contribution in [0, 0.1) is 17.2 Å². The summed E-state index contributed by atoms with van der Waals surface area (Å²) in [7, 11) is 0. The van der Waals surface area contributed by atoms with Gasteiger partial charge in [0.1, 0.15) is 0 Å². The lowest BCUT2D eigenvalue weighted by Crippen LogP contribution is -2.00. The van der Waals surface area contributed by atoms with E-state index in [0.717, 1.165) is 19.3 Å². The third-order valence-corrected chi connectivity index (χ3v) is 7.26. The number of hydrogen-bond acceptors (Lipinski definition) is 1. The number of allylic oxidation sites excluding steroid dienone is 3. The molecule has 1 unspecified atom stereocenters. The summed E-state index contributed by atoms with van der Waals surface area (Å²) in [5.41, 5.74) is 0. The molecule has 4 heteroatoms. The first kappa shape index (κ1) is 12.4. The van der Waals surface area contributed by atoms with E-state index in [-0.39, 0.29) is 5.92 Å². The standard InChI is InChI=1S/C10H13Br2NS/c1-2-3-5-9(8-13)10-6-4-7-14(10,11)12/h4,6-7,9H,2-3,5H2,1H3. The third-order valence-electron chi connectivity index (χ3n) is 2.17. The fraction of sp³-hybridized carbons (Fsp3) is 0.500. The molecular formula is C10H13Br2NS. The molecule has 14 heavy (non-hydrogen) atoms. The Balaban J connectivity index is 2.68. The Hall–Kier alpha value is 0.280. The Morgan fingerprint density at radius 2 is 2.29 bits per heavy atom. The van der Waals surface area contributed by atoms with E-state index in [1.165, 1.54) is 4.91 Å². The molecule has 0 spiro atoms. The van der Waals surface area contributed by atoms with E-state index in [9.17, 15) is 0 Å². The smallest absolute Gasteiger partial charge is 0.0775 e. The Labute approximate surface area is 102 Å². The van der Waals surface area contributed by atoms with Crippen molar-refractivity contribution in [3.05, 3.63) is 22.5 Å². The minimum atomic E-state index is -1.15. The molecule has 0 aromatic rings. The van der Waals surface area contributed by atoms with Gasteiger partial charge in [-0.3, -0.25) is 0 Å². The van der Waals surface area contributed by atoms with Gasteiger partial charge in [-0.2, -0.15) is 5.26 Å². The van der Waals surface area contributed by atoms with Crippen LogP contribution in [0.4, 0.5) is 0 Å². The van der Waals surface area contributed by atoms with Crippen molar-refractivity contribution in [2.75, 3.05) is 0 Å². The van der Waals surface area contributed by atoms with Gasteiger partial charge in [-0.15, -0.1) is 0 Å². The molecule has 0 aliphatic carbocycles. The first-order chi connectivity index (χ1) is 6.61. The van der Waals surface area contributed by atoms with Gasteiger partial charge < -0.3 is 0 Å². The number of nitrogens with zero attached hydrogens (tertiary/aromatic N) is 1. The first-order valence-electron chi connectivity index (χ1n) is 4.62. The highest BCUT2D eigenvalue weighted by Crippen LogP contribution is 2.73. The fourth-order valence-electron chi connectivity index (χ4n) is 1.39. The van der Waals surface area contributed by atoms with Crippen molar-refractivity contribution >= 4 is 36.5 Å². The van der Waals surface area contributed by atoms with Crippen molar-refractivity contribution in [1.82, 2.24) is 0 Å². The lowest BCUT2D eigenvalue weighted by atomic mass is 10.0. The van der Waals surface area contributed by atoms with Crippen LogP contribution in [0.3, 0.4) is 0 Å². The Morgan fingerprint density at radius 1 is 1.57 bits per heavy atom. The van der Waals surface area contributed by atoms with Gasteiger partial charge in [0.2, 0.25) is 0 Å². The normalized spacial score (nSPS) is 22.6. The predicted molar refractivity (Wildman–Crippen MR) is 71.3 cm³/mol. The van der Waals surface area contributed by atoms with Gasteiger partial charge in [-0.25, -0.2) is 0 Å². The van der Waals surface area contributed by atoms with Crippen LogP contribution < -0.4 is 0 Å². The topological polar surface area (TPSA) is 23.8 Å². The van der Waals surface area contributed by atoms with Gasteiger partial charge in [0, 0.05) is 4.91 Å². The summed E-state index contributed by atoms with van der Waals surface area (Å²) < 4.78 is 0. The van der Waals surface area contributed by atoms with E-state index in [2.05, 4.69) is 54.1 Å². The SMILES string of the molecule is CCCCC(C#N)C1=CC=CS1(Br)Br. The average molecular weight is 339 g/mol. The summed E-state index contributed by atoms with van der Waals surface area (Å²) in [5.74, 6) is 0.0544. The van der Waals surface area contributed by atoms with Gasteiger partial charge in [-0.05, 0) is 41.5 Å². The summed E-state index contributed by atoms with van der Waals surface area (Å²) >= 11 is 7.27. The zero-order valence-electron chi connectivity index (χ0n) is 8.04. The number of unbranched alkanes of at least 4 members (excludes halogenated alkanes) is 1. The maximum absolute atomic E-state index is 9.10. The van der Waals surface area contributed by atoms with Crippen LogP contribution in [-0.4, -0.2) is 0 Å². The minimum Gasteiger partial charge on any atom is -0.198 e. The monoisotopic (exact) mass is 337 g/mol. The number of hydrogen-bond donors (Lipinski definition) is 0. The van der Waals surface area contributed by atoms with Crippen LogP contribution in [0.1, 0.15) is 26.2 Å². The average Bonchev–Trinajstić information content (AvgIpc) is 2.48. The fourth-order valence-corrected chi connectivity index (χ4v) is 5.38. The van der Waals surface area contributed by atoms with Crippen LogP contribution in [-0.2, 0) is 0 Å². The molecular weight excluding hydrogens is 326 g/mol. The van der Waals surface area contributed by atoms with Gasteiger partial charge >= 0.3 is 0 Å². The zero-order valence-corrected chi connectivity index (χ0v) is 12.0. The molecule has 0 fully saturated rings. The maximum atomic E-state index is 9.10. The number of halogens is 2. The van der Waals surface area contributed by atoms with Gasteiger partial charge in [-0.1, -0.05) is 38.8 Å². The van der Waals surface area contributed by atoms with Gasteiger partial charge in [0.25, 0.3) is 0 Å². The van der Waals surface area contributed by atoms with E-state index in [0.29, 0.717) is 0 Å². The Kier molecular flexibility index (Phi) is 4.75. The Morgan fingerprint density at radius 3 is 2.71 bits per heavy atom. The quantitative estimate of drug-likeness (QED) is 0.695. The summed E-state index contributed by atoms with van der Waals surface area (Å²) in [6.07, 6.45) is 7.30. The van der Waals surface area contributed by atoms with E-state index < -0.39 is 6.89 Å². The molecule has 0 N–H and O–H groups in total.